The summed E-state index contributed by atoms with van der Waals surface area (Å²) < 4.78 is 0. The molecule has 124 valence electrons. The molecule has 0 spiro atoms. The largest absolute Gasteiger partial charge is 0.371 e. The molecule has 6 heteroatoms. The average molecular weight is 316 g/mol. The van der Waals surface area contributed by atoms with Crippen LogP contribution in [0.15, 0.2) is 18.3 Å². The number of aromatic nitrogens is 1. The summed E-state index contributed by atoms with van der Waals surface area (Å²) in [5.41, 5.74) is 1.58. The summed E-state index contributed by atoms with van der Waals surface area (Å²) in [4.78, 5) is 33.5. The highest BCUT2D eigenvalue weighted by Crippen LogP contribution is 2.23. The van der Waals surface area contributed by atoms with Gasteiger partial charge in [-0.2, -0.15) is 0 Å². The highest BCUT2D eigenvalue weighted by molar-refractivity contribution is 5.93. The van der Waals surface area contributed by atoms with E-state index in [-0.39, 0.29) is 5.91 Å². The van der Waals surface area contributed by atoms with Gasteiger partial charge < -0.3 is 14.7 Å². The van der Waals surface area contributed by atoms with Gasteiger partial charge >= 0.3 is 0 Å². The quantitative estimate of drug-likeness (QED) is 0.787. The van der Waals surface area contributed by atoms with Crippen LogP contribution < -0.4 is 4.90 Å². The van der Waals surface area contributed by atoms with Gasteiger partial charge in [-0.1, -0.05) is 6.92 Å². The van der Waals surface area contributed by atoms with Crippen molar-refractivity contribution in [1.29, 1.82) is 0 Å². The molecular formula is C17H24N4O2. The minimum Gasteiger partial charge on any atom is -0.371 e. The lowest BCUT2D eigenvalue weighted by molar-refractivity contribution is -0.119. The van der Waals surface area contributed by atoms with Gasteiger partial charge in [0.25, 0.3) is 5.91 Å². The number of anilines is 1. The molecule has 0 saturated carbocycles. The van der Waals surface area contributed by atoms with Crippen molar-refractivity contribution in [1.82, 2.24) is 14.8 Å². The van der Waals surface area contributed by atoms with Crippen molar-refractivity contribution in [3.05, 3.63) is 24.0 Å². The third-order valence-electron chi connectivity index (χ3n) is 4.74. The Morgan fingerprint density at radius 2 is 2.04 bits per heavy atom. The fourth-order valence-corrected chi connectivity index (χ4v) is 3.35. The number of nitrogens with zero attached hydrogens (tertiary/aromatic N) is 4. The third-order valence-corrected chi connectivity index (χ3v) is 4.74. The topological polar surface area (TPSA) is 56.8 Å². The summed E-state index contributed by atoms with van der Waals surface area (Å²) in [6.45, 7) is 6.69. The molecule has 1 unspecified atom stereocenters. The highest BCUT2D eigenvalue weighted by atomic mass is 16.2. The molecule has 0 radical (unpaired) electrons. The van der Waals surface area contributed by atoms with Gasteiger partial charge in [-0.15, -0.1) is 0 Å². The fourth-order valence-electron chi connectivity index (χ4n) is 3.35. The van der Waals surface area contributed by atoms with E-state index in [0.29, 0.717) is 37.8 Å². The Hall–Kier alpha value is -2.11. The predicted octanol–water partition coefficient (Wildman–Crippen LogP) is 1.23. The first-order chi connectivity index (χ1) is 11.2. The lowest BCUT2D eigenvalue weighted by Crippen LogP contribution is -2.48. The minimum absolute atomic E-state index is 0.0394. The molecule has 2 aliphatic heterocycles. The molecular weight excluding hydrogens is 292 g/mol. The summed E-state index contributed by atoms with van der Waals surface area (Å²) in [6, 6.07) is 3.89. The van der Waals surface area contributed by atoms with Crippen LogP contribution in [0.4, 0.5) is 5.69 Å². The second-order valence-electron chi connectivity index (χ2n) is 6.53. The van der Waals surface area contributed by atoms with Crippen LogP contribution in [0.1, 0.15) is 30.3 Å². The van der Waals surface area contributed by atoms with E-state index in [1.165, 1.54) is 12.8 Å². The second-order valence-corrected chi connectivity index (χ2v) is 6.53. The number of amides is 2. The average Bonchev–Trinajstić information content (AvgIpc) is 2.61. The van der Waals surface area contributed by atoms with E-state index in [9.17, 15) is 9.59 Å². The van der Waals surface area contributed by atoms with E-state index < -0.39 is 0 Å². The maximum absolute atomic E-state index is 12.6. The molecule has 1 atom stereocenters. The van der Waals surface area contributed by atoms with E-state index in [2.05, 4.69) is 16.8 Å². The van der Waals surface area contributed by atoms with Crippen molar-refractivity contribution in [3.8, 4) is 0 Å². The number of pyridine rings is 1. The molecule has 3 heterocycles. The predicted molar refractivity (Wildman–Crippen MR) is 88.4 cm³/mol. The van der Waals surface area contributed by atoms with Crippen molar-refractivity contribution >= 4 is 18.0 Å². The molecule has 6 nitrogen and oxygen atoms in total. The summed E-state index contributed by atoms with van der Waals surface area (Å²) in [5.74, 6) is 0.648. The van der Waals surface area contributed by atoms with Crippen molar-refractivity contribution in [2.24, 2.45) is 5.92 Å². The van der Waals surface area contributed by atoms with Gasteiger partial charge in [0.1, 0.15) is 5.69 Å². The van der Waals surface area contributed by atoms with Crippen LogP contribution in [0.5, 0.6) is 0 Å². The lowest BCUT2D eigenvalue weighted by Gasteiger charge is -2.34. The Morgan fingerprint density at radius 1 is 1.26 bits per heavy atom. The van der Waals surface area contributed by atoms with Gasteiger partial charge in [0, 0.05) is 51.2 Å². The fraction of sp³-hybridized carbons (Fsp3) is 0.588. The monoisotopic (exact) mass is 316 g/mol. The maximum atomic E-state index is 12.6. The summed E-state index contributed by atoms with van der Waals surface area (Å²) in [5, 5.41) is 0. The van der Waals surface area contributed by atoms with Crippen LogP contribution in [0, 0.1) is 5.92 Å². The highest BCUT2D eigenvalue weighted by Gasteiger charge is 2.23. The zero-order chi connectivity index (χ0) is 16.2. The Bertz CT molecular complexity index is 569. The number of piperidine rings is 1. The van der Waals surface area contributed by atoms with Crippen LogP contribution in [0.25, 0.3) is 0 Å². The summed E-state index contributed by atoms with van der Waals surface area (Å²) in [7, 11) is 0. The molecule has 2 fully saturated rings. The molecule has 1 aromatic rings. The number of hydrogen-bond donors (Lipinski definition) is 0. The molecule has 2 amide bonds. The minimum atomic E-state index is -0.0394. The number of carbonyl (C=O) groups excluding carboxylic acids is 2. The van der Waals surface area contributed by atoms with E-state index in [0.717, 1.165) is 25.2 Å². The van der Waals surface area contributed by atoms with Crippen LogP contribution in [0.2, 0.25) is 0 Å². The molecule has 0 aromatic carbocycles. The van der Waals surface area contributed by atoms with Crippen LogP contribution in [0.3, 0.4) is 0 Å². The summed E-state index contributed by atoms with van der Waals surface area (Å²) in [6.07, 6.45) is 5.04. The maximum Gasteiger partial charge on any atom is 0.272 e. The molecule has 3 rings (SSSR count). The SMILES string of the molecule is CC1CCCN(c2ccnc(C(=O)N3CCN(C=O)CC3)c2)C1. The number of rotatable bonds is 3. The van der Waals surface area contributed by atoms with E-state index in [4.69, 9.17) is 0 Å². The van der Waals surface area contributed by atoms with Crippen molar-refractivity contribution in [2.75, 3.05) is 44.2 Å². The van der Waals surface area contributed by atoms with Crippen molar-refractivity contribution in [3.63, 3.8) is 0 Å². The van der Waals surface area contributed by atoms with Crippen molar-refractivity contribution < 1.29 is 9.59 Å². The van der Waals surface area contributed by atoms with Gasteiger partial charge in [-0.25, -0.2) is 0 Å². The van der Waals surface area contributed by atoms with Crippen LogP contribution in [-0.4, -0.2) is 66.4 Å². The Balaban J connectivity index is 1.69. The summed E-state index contributed by atoms with van der Waals surface area (Å²) >= 11 is 0. The molecule has 23 heavy (non-hydrogen) atoms. The van der Waals surface area contributed by atoms with Crippen molar-refractivity contribution in [2.45, 2.75) is 19.8 Å². The number of carbonyl (C=O) groups is 2. The molecule has 2 saturated heterocycles. The van der Waals surface area contributed by atoms with E-state index in [1.54, 1.807) is 16.0 Å². The molecule has 0 N–H and O–H groups in total. The Morgan fingerprint density at radius 3 is 2.74 bits per heavy atom. The standard InChI is InChI=1S/C17H24N4O2/c1-14-3-2-6-21(12-14)15-4-5-18-16(11-15)17(23)20-9-7-19(13-22)8-10-20/h4-5,11,13-14H,2-3,6-10,12H2,1H3. The number of hydrogen-bond acceptors (Lipinski definition) is 4. The molecule has 0 aliphatic carbocycles. The van der Waals surface area contributed by atoms with E-state index in [1.807, 2.05) is 12.1 Å². The molecule has 1 aromatic heterocycles. The van der Waals surface area contributed by atoms with Gasteiger partial charge in [0.15, 0.2) is 0 Å². The van der Waals surface area contributed by atoms with E-state index >= 15 is 0 Å². The van der Waals surface area contributed by atoms with Gasteiger partial charge in [0.2, 0.25) is 6.41 Å². The zero-order valence-electron chi connectivity index (χ0n) is 13.6. The third kappa shape index (κ3) is 3.63. The second kappa shape index (κ2) is 6.98. The first kappa shape index (κ1) is 15.8. The normalized spacial score (nSPS) is 22.1. The Kier molecular flexibility index (Phi) is 4.79. The van der Waals surface area contributed by atoms with Gasteiger partial charge in [0.05, 0.1) is 0 Å². The zero-order valence-corrected chi connectivity index (χ0v) is 13.6. The first-order valence-corrected chi connectivity index (χ1v) is 8.37. The molecule has 2 aliphatic rings. The Labute approximate surface area is 137 Å². The van der Waals surface area contributed by atoms with Crippen LogP contribution >= 0.6 is 0 Å². The van der Waals surface area contributed by atoms with Gasteiger partial charge in [-0.05, 0) is 30.9 Å². The van der Waals surface area contributed by atoms with Crippen LogP contribution in [-0.2, 0) is 4.79 Å². The van der Waals surface area contributed by atoms with Gasteiger partial charge in [-0.3, -0.25) is 14.6 Å². The first-order valence-electron chi connectivity index (χ1n) is 8.37. The smallest absolute Gasteiger partial charge is 0.272 e. The number of piperazine rings is 1. The molecule has 0 bridgehead atoms. The lowest BCUT2D eigenvalue weighted by atomic mass is 10.00.